The molecule has 1 aliphatic carbocycles. The monoisotopic (exact) mass is 465 g/mol. The Kier molecular flexibility index (Phi) is 6.62. The van der Waals surface area contributed by atoms with Gasteiger partial charge in [0.05, 0.1) is 0 Å². The number of carbonyl (C=O) groups excluding carboxylic acids is 1. The molecule has 4 aromatic carbocycles. The molecule has 0 aromatic heterocycles. The number of aliphatic hydroxyl groups excluding tert-OH is 2. The van der Waals surface area contributed by atoms with Crippen molar-refractivity contribution in [1.82, 2.24) is 5.32 Å². The molecule has 0 fully saturated rings. The SMILES string of the molecule is O=C(NCC(O)C(O)c1ccccc1-c1ccccc1)OCC1c2ccccc2-c2ccccc21. The Balaban J connectivity index is 1.21. The molecule has 0 bridgehead atoms. The van der Waals surface area contributed by atoms with E-state index in [1.54, 1.807) is 6.07 Å². The maximum atomic E-state index is 12.4. The number of alkyl carbamates (subject to hydrolysis) is 1. The molecule has 5 heteroatoms. The van der Waals surface area contributed by atoms with Crippen LogP contribution in [0.4, 0.5) is 4.79 Å². The van der Waals surface area contributed by atoms with Crippen LogP contribution in [0.15, 0.2) is 103 Å². The van der Waals surface area contributed by atoms with E-state index in [-0.39, 0.29) is 19.1 Å². The lowest BCUT2D eigenvalue weighted by Crippen LogP contribution is -2.36. The van der Waals surface area contributed by atoms with Crippen LogP contribution >= 0.6 is 0 Å². The lowest BCUT2D eigenvalue weighted by Gasteiger charge is -2.21. The highest BCUT2D eigenvalue weighted by Crippen LogP contribution is 2.44. The van der Waals surface area contributed by atoms with Crippen LogP contribution in [0.1, 0.15) is 28.7 Å². The van der Waals surface area contributed by atoms with Gasteiger partial charge in [-0.15, -0.1) is 0 Å². The van der Waals surface area contributed by atoms with Gasteiger partial charge in [-0.05, 0) is 38.9 Å². The van der Waals surface area contributed by atoms with Crippen molar-refractivity contribution in [3.05, 3.63) is 120 Å². The van der Waals surface area contributed by atoms with Crippen LogP contribution < -0.4 is 5.32 Å². The van der Waals surface area contributed by atoms with Gasteiger partial charge in [0.1, 0.15) is 18.8 Å². The number of hydrogen-bond donors (Lipinski definition) is 3. The summed E-state index contributed by atoms with van der Waals surface area (Å²) in [5.74, 6) is -0.0404. The molecular weight excluding hydrogens is 438 g/mol. The Morgan fingerprint density at radius 3 is 1.94 bits per heavy atom. The van der Waals surface area contributed by atoms with E-state index in [1.165, 1.54) is 0 Å². The fraction of sp³-hybridized carbons (Fsp3) is 0.167. The highest BCUT2D eigenvalue weighted by Gasteiger charge is 2.29. The predicted molar refractivity (Wildman–Crippen MR) is 136 cm³/mol. The number of hydrogen-bond acceptors (Lipinski definition) is 4. The number of ether oxygens (including phenoxy) is 1. The summed E-state index contributed by atoms with van der Waals surface area (Å²) < 4.78 is 5.53. The van der Waals surface area contributed by atoms with Crippen LogP contribution in [0.5, 0.6) is 0 Å². The molecule has 1 amide bonds. The Labute approximate surface area is 204 Å². The maximum absolute atomic E-state index is 12.4. The molecule has 0 aliphatic heterocycles. The van der Waals surface area contributed by atoms with Crippen molar-refractivity contribution >= 4 is 6.09 Å². The Morgan fingerprint density at radius 2 is 1.29 bits per heavy atom. The van der Waals surface area contributed by atoms with Crippen molar-refractivity contribution in [3.63, 3.8) is 0 Å². The van der Waals surface area contributed by atoms with Crippen molar-refractivity contribution in [2.45, 2.75) is 18.1 Å². The number of benzene rings is 4. The van der Waals surface area contributed by atoms with Gasteiger partial charge in [0.15, 0.2) is 0 Å². The third-order valence-electron chi connectivity index (χ3n) is 6.53. The van der Waals surface area contributed by atoms with E-state index < -0.39 is 18.3 Å². The molecule has 0 heterocycles. The van der Waals surface area contributed by atoms with Crippen LogP contribution in [0.25, 0.3) is 22.3 Å². The zero-order valence-corrected chi connectivity index (χ0v) is 19.2. The molecule has 2 atom stereocenters. The molecular formula is C30H27NO4. The average Bonchev–Trinajstić information content (AvgIpc) is 3.24. The summed E-state index contributed by atoms with van der Waals surface area (Å²) in [6.07, 6.45) is -2.99. The number of aliphatic hydroxyl groups is 2. The summed E-state index contributed by atoms with van der Waals surface area (Å²) in [6.45, 7) is 0.0519. The minimum atomic E-state index is -1.19. The van der Waals surface area contributed by atoms with Gasteiger partial charge in [-0.25, -0.2) is 4.79 Å². The molecule has 0 saturated carbocycles. The van der Waals surface area contributed by atoms with E-state index in [9.17, 15) is 15.0 Å². The summed E-state index contributed by atoms with van der Waals surface area (Å²) in [6, 6.07) is 33.3. The molecule has 0 saturated heterocycles. The molecule has 4 aromatic rings. The summed E-state index contributed by atoms with van der Waals surface area (Å²) in [5, 5.41) is 24.0. The van der Waals surface area contributed by atoms with Gasteiger partial charge in [-0.3, -0.25) is 0 Å². The van der Waals surface area contributed by atoms with Gasteiger partial charge < -0.3 is 20.3 Å². The van der Waals surface area contributed by atoms with Crippen LogP contribution in [0.3, 0.4) is 0 Å². The first-order valence-corrected chi connectivity index (χ1v) is 11.7. The Bertz CT molecular complexity index is 1280. The van der Waals surface area contributed by atoms with E-state index in [4.69, 9.17) is 4.74 Å². The Morgan fingerprint density at radius 1 is 0.743 bits per heavy atom. The third kappa shape index (κ3) is 4.69. The second-order valence-electron chi connectivity index (χ2n) is 8.67. The minimum absolute atomic E-state index is 0.0404. The van der Waals surface area contributed by atoms with Crippen LogP contribution in [-0.2, 0) is 4.74 Å². The van der Waals surface area contributed by atoms with Crippen LogP contribution in [0, 0.1) is 0 Å². The van der Waals surface area contributed by atoms with E-state index >= 15 is 0 Å². The number of carbonyl (C=O) groups is 1. The predicted octanol–water partition coefficient (Wildman–Crippen LogP) is 5.29. The summed E-state index contributed by atoms with van der Waals surface area (Å²) in [4.78, 5) is 12.4. The fourth-order valence-electron chi connectivity index (χ4n) is 4.79. The van der Waals surface area contributed by atoms with E-state index in [2.05, 4.69) is 29.6 Å². The first-order chi connectivity index (χ1) is 17.1. The normalized spacial score (nSPS) is 14.0. The molecule has 0 radical (unpaired) electrons. The summed E-state index contributed by atoms with van der Waals surface area (Å²) >= 11 is 0. The maximum Gasteiger partial charge on any atom is 0.407 e. The topological polar surface area (TPSA) is 78.8 Å². The average molecular weight is 466 g/mol. The van der Waals surface area contributed by atoms with Gasteiger partial charge in [0.25, 0.3) is 0 Å². The lowest BCUT2D eigenvalue weighted by molar-refractivity contribution is 0.0189. The fourth-order valence-corrected chi connectivity index (χ4v) is 4.79. The van der Waals surface area contributed by atoms with E-state index in [0.717, 1.165) is 33.4 Å². The number of nitrogens with one attached hydrogen (secondary N) is 1. The zero-order valence-electron chi connectivity index (χ0n) is 19.2. The largest absolute Gasteiger partial charge is 0.449 e. The van der Waals surface area contributed by atoms with E-state index in [0.29, 0.717) is 5.56 Å². The molecule has 5 nitrogen and oxygen atoms in total. The van der Waals surface area contributed by atoms with Crippen molar-refractivity contribution < 1.29 is 19.7 Å². The van der Waals surface area contributed by atoms with Crippen molar-refractivity contribution in [2.24, 2.45) is 0 Å². The molecule has 3 N–H and O–H groups in total. The number of amides is 1. The highest BCUT2D eigenvalue weighted by atomic mass is 16.5. The Hall–Kier alpha value is -3.93. The molecule has 35 heavy (non-hydrogen) atoms. The van der Waals surface area contributed by atoms with Crippen molar-refractivity contribution in [1.29, 1.82) is 0 Å². The molecule has 0 spiro atoms. The molecule has 2 unspecified atom stereocenters. The number of rotatable bonds is 7. The van der Waals surface area contributed by atoms with Crippen LogP contribution in [-0.4, -0.2) is 35.6 Å². The van der Waals surface area contributed by atoms with Gasteiger partial charge in [0.2, 0.25) is 0 Å². The van der Waals surface area contributed by atoms with Gasteiger partial charge in [-0.2, -0.15) is 0 Å². The standard InChI is InChI=1S/C30H27NO4/c32-28(29(33)26-17-9-4-12-21(26)20-10-2-1-3-11-20)18-31-30(34)35-19-27-24-15-7-5-13-22(24)23-14-6-8-16-25(23)27/h1-17,27-29,32-33H,18-19H2,(H,31,34). The minimum Gasteiger partial charge on any atom is -0.449 e. The molecule has 5 rings (SSSR count). The first-order valence-electron chi connectivity index (χ1n) is 11.7. The summed E-state index contributed by atoms with van der Waals surface area (Å²) in [5.41, 5.74) is 6.96. The third-order valence-corrected chi connectivity index (χ3v) is 6.53. The second-order valence-corrected chi connectivity index (χ2v) is 8.67. The van der Waals surface area contributed by atoms with Gasteiger partial charge in [0, 0.05) is 12.5 Å². The lowest BCUT2D eigenvalue weighted by atomic mass is 9.94. The van der Waals surface area contributed by atoms with Crippen molar-refractivity contribution in [2.75, 3.05) is 13.2 Å². The zero-order chi connectivity index (χ0) is 24.2. The summed E-state index contributed by atoms with van der Waals surface area (Å²) in [7, 11) is 0. The second kappa shape index (κ2) is 10.1. The number of fused-ring (bicyclic) bond motifs is 3. The quantitative estimate of drug-likeness (QED) is 0.347. The highest BCUT2D eigenvalue weighted by molar-refractivity contribution is 5.79. The smallest absolute Gasteiger partial charge is 0.407 e. The van der Waals surface area contributed by atoms with Gasteiger partial charge >= 0.3 is 6.09 Å². The van der Waals surface area contributed by atoms with E-state index in [1.807, 2.05) is 72.8 Å². The van der Waals surface area contributed by atoms with Crippen molar-refractivity contribution in [3.8, 4) is 22.3 Å². The first kappa shape index (κ1) is 22.8. The molecule has 176 valence electrons. The van der Waals surface area contributed by atoms with Gasteiger partial charge in [-0.1, -0.05) is 103 Å². The van der Waals surface area contributed by atoms with Crippen LogP contribution in [0.2, 0.25) is 0 Å². The molecule has 1 aliphatic rings.